The van der Waals surface area contributed by atoms with E-state index in [1.807, 2.05) is 0 Å². The SMILES string of the molecule is FC(F)(F)SCCNc1ccc(Cl)cn1. The van der Waals surface area contributed by atoms with Gasteiger partial charge in [-0.25, -0.2) is 4.98 Å². The molecule has 0 unspecified atom stereocenters. The molecule has 0 fully saturated rings. The predicted octanol–water partition coefficient (Wildman–Crippen LogP) is 3.40. The minimum absolute atomic E-state index is 0.0478. The summed E-state index contributed by atoms with van der Waals surface area (Å²) in [5.41, 5.74) is -4.17. The third kappa shape index (κ3) is 5.74. The molecule has 0 amide bonds. The second kappa shape index (κ2) is 5.46. The molecule has 0 bridgehead atoms. The van der Waals surface area contributed by atoms with Crippen LogP contribution in [-0.2, 0) is 0 Å². The Hall–Kier alpha value is -0.620. The molecule has 1 aromatic heterocycles. The topological polar surface area (TPSA) is 24.9 Å². The number of nitrogens with one attached hydrogen (secondary N) is 1. The molecule has 0 aliphatic heterocycles. The number of anilines is 1. The third-order valence-corrected chi connectivity index (χ3v) is 2.36. The van der Waals surface area contributed by atoms with Gasteiger partial charge in [-0.05, 0) is 23.9 Å². The van der Waals surface area contributed by atoms with Crippen molar-refractivity contribution in [1.82, 2.24) is 4.98 Å². The molecule has 1 heterocycles. The molecule has 15 heavy (non-hydrogen) atoms. The average molecular weight is 257 g/mol. The molecule has 2 nitrogen and oxygen atoms in total. The van der Waals surface area contributed by atoms with Crippen LogP contribution >= 0.6 is 23.4 Å². The summed E-state index contributed by atoms with van der Waals surface area (Å²) in [7, 11) is 0. The Morgan fingerprint density at radius 1 is 1.40 bits per heavy atom. The number of aromatic nitrogens is 1. The summed E-state index contributed by atoms with van der Waals surface area (Å²) < 4.78 is 35.2. The standard InChI is InChI=1S/C8H8ClF3N2S/c9-6-1-2-7(14-5-6)13-3-4-15-8(10,11)12/h1-2,5H,3-4H2,(H,13,14). The van der Waals surface area contributed by atoms with Crippen LogP contribution < -0.4 is 5.32 Å². The summed E-state index contributed by atoms with van der Waals surface area (Å²) in [6, 6.07) is 3.23. The maximum atomic E-state index is 11.7. The molecular weight excluding hydrogens is 249 g/mol. The minimum atomic E-state index is -4.17. The largest absolute Gasteiger partial charge is 0.441 e. The van der Waals surface area contributed by atoms with Crippen molar-refractivity contribution in [2.75, 3.05) is 17.6 Å². The average Bonchev–Trinajstić information content (AvgIpc) is 2.14. The van der Waals surface area contributed by atoms with E-state index in [9.17, 15) is 13.2 Å². The van der Waals surface area contributed by atoms with Crippen LogP contribution in [0.5, 0.6) is 0 Å². The zero-order chi connectivity index (χ0) is 11.3. The van der Waals surface area contributed by atoms with Crippen molar-refractivity contribution in [3.63, 3.8) is 0 Å². The van der Waals surface area contributed by atoms with Crippen LogP contribution in [0.4, 0.5) is 19.0 Å². The lowest BCUT2D eigenvalue weighted by atomic mass is 10.4. The maximum Gasteiger partial charge on any atom is 0.441 e. The number of alkyl halides is 3. The van der Waals surface area contributed by atoms with Gasteiger partial charge in [0.15, 0.2) is 0 Å². The minimum Gasteiger partial charge on any atom is -0.369 e. The number of pyridine rings is 1. The van der Waals surface area contributed by atoms with Gasteiger partial charge in [-0.3, -0.25) is 0 Å². The van der Waals surface area contributed by atoms with Crippen LogP contribution in [0.15, 0.2) is 18.3 Å². The highest BCUT2D eigenvalue weighted by atomic mass is 35.5. The van der Waals surface area contributed by atoms with Gasteiger partial charge in [-0.2, -0.15) is 13.2 Å². The molecule has 0 aliphatic rings. The quantitative estimate of drug-likeness (QED) is 0.836. The Balaban J connectivity index is 2.23. The monoisotopic (exact) mass is 256 g/mol. The van der Waals surface area contributed by atoms with Crippen LogP contribution in [0, 0.1) is 0 Å². The van der Waals surface area contributed by atoms with Crippen molar-refractivity contribution in [3.05, 3.63) is 23.4 Å². The van der Waals surface area contributed by atoms with Gasteiger partial charge in [0.25, 0.3) is 0 Å². The first-order chi connectivity index (χ1) is 6.97. The summed E-state index contributed by atoms with van der Waals surface area (Å²) in [4.78, 5) is 3.88. The van der Waals surface area contributed by atoms with Gasteiger partial charge in [0.2, 0.25) is 0 Å². The van der Waals surface area contributed by atoms with Gasteiger partial charge in [0, 0.05) is 18.5 Å². The van der Waals surface area contributed by atoms with E-state index in [-0.39, 0.29) is 24.1 Å². The van der Waals surface area contributed by atoms with Crippen LogP contribution in [0.3, 0.4) is 0 Å². The van der Waals surface area contributed by atoms with Crippen LogP contribution in [0.2, 0.25) is 5.02 Å². The van der Waals surface area contributed by atoms with Gasteiger partial charge < -0.3 is 5.32 Å². The van der Waals surface area contributed by atoms with Crippen LogP contribution in [0.25, 0.3) is 0 Å². The lowest BCUT2D eigenvalue weighted by molar-refractivity contribution is -0.0327. The molecule has 0 radical (unpaired) electrons. The van der Waals surface area contributed by atoms with Crippen molar-refractivity contribution in [3.8, 4) is 0 Å². The van der Waals surface area contributed by atoms with E-state index in [0.29, 0.717) is 10.8 Å². The van der Waals surface area contributed by atoms with Gasteiger partial charge in [-0.1, -0.05) is 11.6 Å². The van der Waals surface area contributed by atoms with Crippen molar-refractivity contribution in [2.24, 2.45) is 0 Å². The molecule has 0 saturated heterocycles. The van der Waals surface area contributed by atoms with E-state index in [0.717, 1.165) is 0 Å². The first kappa shape index (κ1) is 12.4. The Morgan fingerprint density at radius 3 is 2.67 bits per heavy atom. The van der Waals surface area contributed by atoms with Crippen LogP contribution in [0.1, 0.15) is 0 Å². The summed E-state index contributed by atoms with van der Waals surface area (Å²) >= 11 is 5.53. The first-order valence-corrected chi connectivity index (χ1v) is 5.40. The molecule has 84 valence electrons. The van der Waals surface area contributed by atoms with E-state index in [4.69, 9.17) is 11.6 Å². The fraction of sp³-hybridized carbons (Fsp3) is 0.375. The molecule has 1 N–H and O–H groups in total. The Morgan fingerprint density at radius 2 is 2.13 bits per heavy atom. The molecule has 0 spiro atoms. The smallest absolute Gasteiger partial charge is 0.369 e. The molecule has 0 aliphatic carbocycles. The van der Waals surface area contributed by atoms with Gasteiger partial charge >= 0.3 is 5.51 Å². The molecule has 7 heteroatoms. The molecule has 1 rings (SSSR count). The zero-order valence-electron chi connectivity index (χ0n) is 7.51. The summed E-state index contributed by atoms with van der Waals surface area (Å²) in [6.45, 7) is 0.207. The highest BCUT2D eigenvalue weighted by Crippen LogP contribution is 2.29. The third-order valence-electron chi connectivity index (χ3n) is 1.40. The van der Waals surface area contributed by atoms with Crippen LogP contribution in [-0.4, -0.2) is 22.8 Å². The molecule has 1 aromatic rings. The van der Waals surface area contributed by atoms with Gasteiger partial charge in [0.05, 0.1) is 5.02 Å². The fourth-order valence-corrected chi connectivity index (χ4v) is 1.37. The van der Waals surface area contributed by atoms with Crippen molar-refractivity contribution in [1.29, 1.82) is 0 Å². The number of halogens is 4. The first-order valence-electron chi connectivity index (χ1n) is 4.03. The van der Waals surface area contributed by atoms with Crippen molar-refractivity contribution < 1.29 is 13.2 Å². The second-order valence-electron chi connectivity index (χ2n) is 2.58. The number of hydrogen-bond acceptors (Lipinski definition) is 3. The normalized spacial score (nSPS) is 11.5. The van der Waals surface area contributed by atoms with E-state index >= 15 is 0 Å². The zero-order valence-corrected chi connectivity index (χ0v) is 9.09. The second-order valence-corrected chi connectivity index (χ2v) is 4.18. The summed E-state index contributed by atoms with van der Waals surface area (Å²) in [5, 5.41) is 3.24. The van der Waals surface area contributed by atoms with E-state index in [1.165, 1.54) is 6.20 Å². The highest BCUT2D eigenvalue weighted by Gasteiger charge is 2.27. The van der Waals surface area contributed by atoms with E-state index in [1.54, 1.807) is 12.1 Å². The number of thioether (sulfide) groups is 1. The molecule has 0 atom stereocenters. The summed E-state index contributed by atoms with van der Waals surface area (Å²) in [5.74, 6) is 0.468. The Labute approximate surface area is 94.2 Å². The molecule has 0 aromatic carbocycles. The number of hydrogen-bond donors (Lipinski definition) is 1. The predicted molar refractivity (Wildman–Crippen MR) is 56.2 cm³/mol. The Bertz CT molecular complexity index is 302. The molecule has 0 saturated carbocycles. The molecular formula is C8H8ClF3N2S. The Kier molecular flexibility index (Phi) is 4.53. The maximum absolute atomic E-state index is 11.7. The lowest BCUT2D eigenvalue weighted by Crippen LogP contribution is -2.10. The van der Waals surface area contributed by atoms with Gasteiger partial charge in [-0.15, -0.1) is 0 Å². The fourth-order valence-electron chi connectivity index (χ4n) is 0.826. The van der Waals surface area contributed by atoms with Crippen molar-refractivity contribution >= 4 is 29.2 Å². The van der Waals surface area contributed by atoms with Gasteiger partial charge in [0.1, 0.15) is 5.82 Å². The number of nitrogens with zero attached hydrogens (tertiary/aromatic N) is 1. The number of rotatable bonds is 4. The summed E-state index contributed by atoms with van der Waals surface area (Å²) in [6.07, 6.45) is 1.43. The van der Waals surface area contributed by atoms with Crippen molar-refractivity contribution in [2.45, 2.75) is 5.51 Å². The van der Waals surface area contributed by atoms with E-state index < -0.39 is 5.51 Å². The van der Waals surface area contributed by atoms with E-state index in [2.05, 4.69) is 10.3 Å². The lowest BCUT2D eigenvalue weighted by Gasteiger charge is -2.07. The highest BCUT2D eigenvalue weighted by molar-refractivity contribution is 8.00.